The van der Waals surface area contributed by atoms with Gasteiger partial charge >= 0.3 is 0 Å². The number of carbonyl (C=O) groups excluding carboxylic acids is 1. The fourth-order valence-corrected chi connectivity index (χ4v) is 2.41. The molecule has 94 valence electrons. The number of nitrogens with zero attached hydrogens (tertiary/aromatic N) is 2. The van der Waals surface area contributed by atoms with E-state index in [2.05, 4.69) is 20.6 Å². The van der Waals surface area contributed by atoms with Gasteiger partial charge in [0.25, 0.3) is 0 Å². The van der Waals surface area contributed by atoms with Crippen molar-refractivity contribution in [3.8, 4) is 0 Å². The third-order valence-electron chi connectivity index (χ3n) is 2.31. The molecule has 0 radical (unpaired) electrons. The molecule has 1 unspecified atom stereocenters. The Labute approximate surface area is 111 Å². The van der Waals surface area contributed by atoms with Crippen molar-refractivity contribution in [3.05, 3.63) is 23.8 Å². The van der Waals surface area contributed by atoms with Crippen LogP contribution in [-0.4, -0.2) is 33.5 Å². The van der Waals surface area contributed by atoms with Crippen LogP contribution in [0, 0.1) is 6.92 Å². The summed E-state index contributed by atoms with van der Waals surface area (Å²) in [6.07, 6.45) is 1.70. The Bertz CT molecular complexity index is 384. The summed E-state index contributed by atoms with van der Waals surface area (Å²) in [7, 11) is 0. The Morgan fingerprint density at radius 2 is 2.53 bits per heavy atom. The zero-order chi connectivity index (χ0) is 11.4. The van der Waals surface area contributed by atoms with E-state index < -0.39 is 0 Å². The van der Waals surface area contributed by atoms with Gasteiger partial charge in [-0.3, -0.25) is 10.1 Å². The number of hydrogen-bond acceptors (Lipinski definition) is 5. The Balaban J connectivity index is 0.00000144. The zero-order valence-corrected chi connectivity index (χ0v) is 11.1. The summed E-state index contributed by atoms with van der Waals surface area (Å²) in [6, 6.07) is 1.75. The normalized spacial score (nSPS) is 18.5. The lowest BCUT2D eigenvalue weighted by Crippen LogP contribution is -2.41. The average molecular weight is 275 g/mol. The van der Waals surface area contributed by atoms with E-state index in [1.807, 2.05) is 13.0 Å². The van der Waals surface area contributed by atoms with Gasteiger partial charge in [0.1, 0.15) is 5.82 Å². The zero-order valence-electron chi connectivity index (χ0n) is 9.47. The molecule has 0 aromatic carbocycles. The second-order valence-electron chi connectivity index (χ2n) is 3.58. The van der Waals surface area contributed by atoms with Crippen molar-refractivity contribution in [2.24, 2.45) is 0 Å². The molecule has 1 aliphatic heterocycles. The topological polar surface area (TPSA) is 66.9 Å². The van der Waals surface area contributed by atoms with Crippen LogP contribution in [0.4, 0.5) is 0 Å². The highest BCUT2D eigenvalue weighted by Crippen LogP contribution is 2.09. The molecule has 2 N–H and O–H groups in total. The molecule has 1 fully saturated rings. The molecule has 2 heterocycles. The van der Waals surface area contributed by atoms with Crippen molar-refractivity contribution in [1.29, 1.82) is 0 Å². The van der Waals surface area contributed by atoms with Gasteiger partial charge in [-0.2, -0.15) is 0 Å². The molecule has 5 nitrogen and oxygen atoms in total. The van der Waals surface area contributed by atoms with Crippen LogP contribution in [0.1, 0.15) is 11.5 Å². The van der Waals surface area contributed by atoms with E-state index in [-0.39, 0.29) is 24.4 Å². The van der Waals surface area contributed by atoms with E-state index in [0.29, 0.717) is 6.54 Å². The first-order valence-corrected chi connectivity index (χ1v) is 6.28. The first-order chi connectivity index (χ1) is 7.75. The van der Waals surface area contributed by atoms with Gasteiger partial charge in [-0.05, 0) is 13.0 Å². The first-order valence-electron chi connectivity index (χ1n) is 5.13. The maximum Gasteiger partial charge on any atom is 0.238 e. The predicted octanol–water partition coefficient (Wildman–Crippen LogP) is 0.486. The van der Waals surface area contributed by atoms with Crippen LogP contribution in [0.15, 0.2) is 12.3 Å². The standard InChI is InChI=1S/C10H14N4OS.ClH/c1-7-11-3-2-8(14-7)4-12-10(15)9-5-16-6-13-9;/h2-3,9,13H,4-6H2,1H3,(H,12,15);1H. The molecule has 1 saturated heterocycles. The monoisotopic (exact) mass is 274 g/mol. The van der Waals surface area contributed by atoms with E-state index in [4.69, 9.17) is 0 Å². The van der Waals surface area contributed by atoms with E-state index in [0.717, 1.165) is 23.1 Å². The molecule has 7 heteroatoms. The Morgan fingerprint density at radius 1 is 1.71 bits per heavy atom. The van der Waals surface area contributed by atoms with Gasteiger partial charge in [0.2, 0.25) is 5.91 Å². The van der Waals surface area contributed by atoms with Crippen molar-refractivity contribution >= 4 is 30.1 Å². The predicted molar refractivity (Wildman–Crippen MR) is 70.1 cm³/mol. The maximum atomic E-state index is 11.7. The molecule has 1 amide bonds. The van der Waals surface area contributed by atoms with Gasteiger partial charge in [0.15, 0.2) is 0 Å². The molecule has 1 atom stereocenters. The number of halogens is 1. The molecular weight excluding hydrogens is 260 g/mol. The minimum atomic E-state index is -0.0621. The first kappa shape index (κ1) is 14.2. The van der Waals surface area contributed by atoms with Crippen molar-refractivity contribution in [2.75, 3.05) is 11.6 Å². The SMILES string of the molecule is Cc1nccc(CNC(=O)C2CSCN2)n1.Cl. The van der Waals surface area contributed by atoms with Gasteiger partial charge in [0.05, 0.1) is 18.3 Å². The molecule has 0 bridgehead atoms. The summed E-state index contributed by atoms with van der Waals surface area (Å²) >= 11 is 1.74. The van der Waals surface area contributed by atoms with Crippen LogP contribution >= 0.6 is 24.2 Å². The molecule has 2 rings (SSSR count). The quantitative estimate of drug-likeness (QED) is 0.840. The lowest BCUT2D eigenvalue weighted by Gasteiger charge is -2.09. The van der Waals surface area contributed by atoms with E-state index in [1.54, 1.807) is 18.0 Å². The summed E-state index contributed by atoms with van der Waals surface area (Å²) in [5.74, 6) is 2.46. The molecule has 1 aliphatic rings. The number of carbonyl (C=O) groups is 1. The van der Waals surface area contributed by atoms with E-state index >= 15 is 0 Å². The van der Waals surface area contributed by atoms with Crippen LogP contribution in [0.5, 0.6) is 0 Å². The molecule has 0 spiro atoms. The molecule has 0 saturated carbocycles. The fraction of sp³-hybridized carbons (Fsp3) is 0.500. The summed E-state index contributed by atoms with van der Waals surface area (Å²) in [6.45, 7) is 2.30. The van der Waals surface area contributed by atoms with Crippen molar-refractivity contribution < 1.29 is 4.79 Å². The largest absolute Gasteiger partial charge is 0.349 e. The smallest absolute Gasteiger partial charge is 0.238 e. The van der Waals surface area contributed by atoms with Crippen LogP contribution in [0.25, 0.3) is 0 Å². The summed E-state index contributed by atoms with van der Waals surface area (Å²) in [5.41, 5.74) is 0.839. The second kappa shape index (κ2) is 6.78. The molecular formula is C10H15ClN4OS. The van der Waals surface area contributed by atoms with Gasteiger partial charge in [-0.25, -0.2) is 9.97 Å². The van der Waals surface area contributed by atoms with Gasteiger partial charge in [0, 0.05) is 17.8 Å². The highest BCUT2D eigenvalue weighted by atomic mass is 35.5. The highest BCUT2D eigenvalue weighted by molar-refractivity contribution is 7.99. The lowest BCUT2D eigenvalue weighted by atomic mass is 10.3. The molecule has 1 aromatic rings. The number of thioether (sulfide) groups is 1. The lowest BCUT2D eigenvalue weighted by molar-refractivity contribution is -0.122. The number of rotatable bonds is 3. The van der Waals surface area contributed by atoms with Crippen LogP contribution in [0.3, 0.4) is 0 Å². The van der Waals surface area contributed by atoms with Crippen molar-refractivity contribution in [3.63, 3.8) is 0 Å². The van der Waals surface area contributed by atoms with Crippen molar-refractivity contribution in [2.45, 2.75) is 19.5 Å². The minimum absolute atomic E-state index is 0. The van der Waals surface area contributed by atoms with E-state index in [1.165, 1.54) is 0 Å². The summed E-state index contributed by atoms with van der Waals surface area (Å²) < 4.78 is 0. The Morgan fingerprint density at radius 3 is 3.18 bits per heavy atom. The minimum Gasteiger partial charge on any atom is -0.349 e. The molecule has 17 heavy (non-hydrogen) atoms. The second-order valence-corrected chi connectivity index (χ2v) is 4.62. The van der Waals surface area contributed by atoms with Crippen LogP contribution in [-0.2, 0) is 11.3 Å². The fourth-order valence-electron chi connectivity index (χ4n) is 1.47. The third kappa shape index (κ3) is 4.14. The molecule has 1 aromatic heterocycles. The van der Waals surface area contributed by atoms with E-state index in [9.17, 15) is 4.79 Å². The Kier molecular flexibility index (Phi) is 5.67. The van der Waals surface area contributed by atoms with Crippen molar-refractivity contribution in [1.82, 2.24) is 20.6 Å². The van der Waals surface area contributed by atoms with Crippen LogP contribution in [0.2, 0.25) is 0 Å². The van der Waals surface area contributed by atoms with Gasteiger partial charge < -0.3 is 5.32 Å². The van der Waals surface area contributed by atoms with Gasteiger partial charge in [-0.15, -0.1) is 24.2 Å². The Hall–Kier alpha value is -0.850. The number of hydrogen-bond donors (Lipinski definition) is 2. The summed E-state index contributed by atoms with van der Waals surface area (Å²) in [4.78, 5) is 19.9. The third-order valence-corrected chi connectivity index (χ3v) is 3.25. The van der Waals surface area contributed by atoms with Gasteiger partial charge in [-0.1, -0.05) is 0 Å². The number of aromatic nitrogens is 2. The number of amides is 1. The number of nitrogens with one attached hydrogen (secondary N) is 2. The van der Waals surface area contributed by atoms with Crippen LogP contribution < -0.4 is 10.6 Å². The molecule has 0 aliphatic carbocycles. The highest BCUT2D eigenvalue weighted by Gasteiger charge is 2.21. The summed E-state index contributed by atoms with van der Waals surface area (Å²) in [5, 5.41) is 5.99. The maximum absolute atomic E-state index is 11.7. The average Bonchev–Trinajstić information content (AvgIpc) is 2.79. The number of aryl methyl sites for hydroxylation is 1.